The van der Waals surface area contributed by atoms with E-state index in [4.69, 9.17) is 5.73 Å². The zero-order valence-electron chi connectivity index (χ0n) is 12.4. The highest BCUT2D eigenvalue weighted by molar-refractivity contribution is 9.10. The second-order valence-corrected chi connectivity index (χ2v) is 6.52. The van der Waals surface area contributed by atoms with Crippen LogP contribution in [-0.2, 0) is 9.59 Å². The van der Waals surface area contributed by atoms with Crippen LogP contribution in [0.2, 0.25) is 0 Å². The fraction of sp³-hybridized carbons (Fsp3) is 0.176. The smallest absolute Gasteiger partial charge is 0.247 e. The molecule has 1 saturated carbocycles. The summed E-state index contributed by atoms with van der Waals surface area (Å²) in [5, 5.41) is 0. The van der Waals surface area contributed by atoms with E-state index in [1.807, 2.05) is 0 Å². The zero-order valence-corrected chi connectivity index (χ0v) is 14.0. The van der Waals surface area contributed by atoms with Crippen LogP contribution in [0.4, 0.5) is 20.2 Å². The van der Waals surface area contributed by atoms with Crippen molar-refractivity contribution in [2.75, 3.05) is 4.90 Å². The zero-order chi connectivity index (χ0) is 17.5. The van der Waals surface area contributed by atoms with Gasteiger partial charge in [0.2, 0.25) is 11.8 Å². The molecular weight excluding hydrogens is 382 g/mol. The third kappa shape index (κ3) is 2.80. The molecule has 2 N–H and O–H groups in total. The predicted octanol–water partition coefficient (Wildman–Crippen LogP) is 3.66. The number of hydrogen-bond acceptors (Lipinski definition) is 2. The number of primary amides is 1. The molecule has 7 heteroatoms. The molecule has 0 atom stereocenters. The van der Waals surface area contributed by atoms with Crippen LogP contribution in [-0.4, -0.2) is 11.8 Å². The number of carbonyl (C=O) groups is 2. The lowest BCUT2D eigenvalue weighted by Crippen LogP contribution is -2.41. The summed E-state index contributed by atoms with van der Waals surface area (Å²) in [6, 6.07) is 9.29. The quantitative estimate of drug-likeness (QED) is 0.804. The monoisotopic (exact) mass is 394 g/mol. The number of nitrogens with zero attached hydrogens (tertiary/aromatic N) is 1. The molecule has 0 spiro atoms. The van der Waals surface area contributed by atoms with Crippen LogP contribution in [0.15, 0.2) is 46.9 Å². The van der Waals surface area contributed by atoms with Gasteiger partial charge in [0.05, 0.1) is 10.2 Å². The van der Waals surface area contributed by atoms with Crippen molar-refractivity contribution >= 4 is 39.1 Å². The van der Waals surface area contributed by atoms with Crippen LogP contribution < -0.4 is 10.6 Å². The highest BCUT2D eigenvalue weighted by Crippen LogP contribution is 2.49. The molecule has 24 heavy (non-hydrogen) atoms. The van der Waals surface area contributed by atoms with Crippen LogP contribution in [0.3, 0.4) is 0 Å². The fourth-order valence-electron chi connectivity index (χ4n) is 2.50. The summed E-state index contributed by atoms with van der Waals surface area (Å²) in [5.74, 6) is -2.13. The SMILES string of the molecule is NC(=O)C1(C(=O)N(c2ccc(F)cc2)c2ccc(F)c(Br)c2)CC1. The Balaban J connectivity index is 2.10. The molecule has 0 aromatic heterocycles. The Kier molecular flexibility index (Phi) is 4.13. The van der Waals surface area contributed by atoms with Crippen molar-refractivity contribution in [1.82, 2.24) is 0 Å². The predicted molar refractivity (Wildman–Crippen MR) is 88.5 cm³/mol. The lowest BCUT2D eigenvalue weighted by atomic mass is 10.0. The Bertz CT molecular complexity index is 820. The summed E-state index contributed by atoms with van der Waals surface area (Å²) in [6.45, 7) is 0. The van der Waals surface area contributed by atoms with Crippen molar-refractivity contribution in [3.63, 3.8) is 0 Å². The van der Waals surface area contributed by atoms with Gasteiger partial charge < -0.3 is 5.73 Å². The van der Waals surface area contributed by atoms with Gasteiger partial charge in [-0.1, -0.05) is 0 Å². The molecule has 1 aliphatic rings. The summed E-state index contributed by atoms with van der Waals surface area (Å²) in [7, 11) is 0. The van der Waals surface area contributed by atoms with E-state index in [1.54, 1.807) is 0 Å². The number of hydrogen-bond donors (Lipinski definition) is 1. The van der Waals surface area contributed by atoms with Gasteiger partial charge in [0.1, 0.15) is 17.0 Å². The van der Waals surface area contributed by atoms with Crippen LogP contribution in [0.1, 0.15) is 12.8 Å². The highest BCUT2D eigenvalue weighted by Gasteiger charge is 2.57. The van der Waals surface area contributed by atoms with E-state index in [-0.39, 0.29) is 4.47 Å². The first-order valence-corrected chi connectivity index (χ1v) is 7.99. The Hall–Kier alpha value is -2.28. The van der Waals surface area contributed by atoms with Crippen molar-refractivity contribution in [3.05, 3.63) is 58.6 Å². The van der Waals surface area contributed by atoms with Crippen molar-refractivity contribution in [1.29, 1.82) is 0 Å². The van der Waals surface area contributed by atoms with Gasteiger partial charge in [-0.2, -0.15) is 0 Å². The van der Waals surface area contributed by atoms with E-state index >= 15 is 0 Å². The maximum Gasteiger partial charge on any atom is 0.247 e. The van der Waals surface area contributed by atoms with E-state index in [9.17, 15) is 18.4 Å². The Labute approximate surface area is 145 Å². The number of halogens is 3. The maximum atomic E-state index is 13.5. The average Bonchev–Trinajstić information content (AvgIpc) is 3.34. The Morgan fingerprint density at radius 2 is 1.62 bits per heavy atom. The Morgan fingerprint density at radius 1 is 1.04 bits per heavy atom. The molecule has 3 rings (SSSR count). The topological polar surface area (TPSA) is 63.4 Å². The summed E-state index contributed by atoms with van der Waals surface area (Å²) in [6.07, 6.45) is 0.725. The van der Waals surface area contributed by atoms with Crippen LogP contribution in [0, 0.1) is 17.0 Å². The number of nitrogens with two attached hydrogens (primary N) is 1. The normalized spacial score (nSPS) is 15.0. The molecule has 1 fully saturated rings. The summed E-state index contributed by atoms with van der Waals surface area (Å²) in [5.41, 5.74) is 4.86. The van der Waals surface area contributed by atoms with Crippen LogP contribution in [0.5, 0.6) is 0 Å². The summed E-state index contributed by atoms with van der Waals surface area (Å²) >= 11 is 3.08. The third-order valence-corrected chi connectivity index (χ3v) is 4.69. The van der Waals surface area contributed by atoms with E-state index < -0.39 is 28.9 Å². The molecule has 124 valence electrons. The molecule has 2 amide bonds. The molecule has 4 nitrogen and oxygen atoms in total. The molecule has 2 aromatic rings. The largest absolute Gasteiger partial charge is 0.369 e. The van der Waals surface area contributed by atoms with Gasteiger partial charge in [0, 0.05) is 5.69 Å². The maximum absolute atomic E-state index is 13.5. The van der Waals surface area contributed by atoms with Gasteiger partial charge in [-0.3, -0.25) is 14.5 Å². The standard InChI is InChI=1S/C17H13BrF2N2O2/c18-13-9-12(5-6-14(13)20)22(11-3-1-10(19)2-4-11)16(24)17(7-8-17)15(21)23/h1-6,9H,7-8H2,(H2,21,23). The van der Waals surface area contributed by atoms with E-state index in [1.165, 1.54) is 47.4 Å². The minimum absolute atomic E-state index is 0.170. The third-order valence-electron chi connectivity index (χ3n) is 4.08. The summed E-state index contributed by atoms with van der Waals surface area (Å²) in [4.78, 5) is 26.0. The van der Waals surface area contributed by atoms with Gasteiger partial charge in [-0.15, -0.1) is 0 Å². The minimum atomic E-state index is -1.25. The summed E-state index contributed by atoms with van der Waals surface area (Å²) < 4.78 is 26.9. The van der Waals surface area contributed by atoms with Crippen LogP contribution in [0.25, 0.3) is 0 Å². The minimum Gasteiger partial charge on any atom is -0.369 e. The molecule has 0 unspecified atom stereocenters. The number of benzene rings is 2. The number of carbonyl (C=O) groups excluding carboxylic acids is 2. The van der Waals surface area contributed by atoms with Crippen molar-refractivity contribution in [2.24, 2.45) is 11.1 Å². The van der Waals surface area contributed by atoms with Gasteiger partial charge in [0.25, 0.3) is 0 Å². The first kappa shape index (κ1) is 16.6. The van der Waals surface area contributed by atoms with Crippen molar-refractivity contribution in [3.8, 4) is 0 Å². The molecule has 1 aliphatic carbocycles. The number of rotatable bonds is 4. The van der Waals surface area contributed by atoms with E-state index in [0.717, 1.165) is 0 Å². The van der Waals surface area contributed by atoms with Gasteiger partial charge in [0.15, 0.2) is 0 Å². The van der Waals surface area contributed by atoms with Gasteiger partial charge in [-0.25, -0.2) is 8.78 Å². The molecular formula is C17H13BrF2N2O2. The lowest BCUT2D eigenvalue weighted by molar-refractivity contribution is -0.133. The second kappa shape index (κ2) is 5.98. The average molecular weight is 395 g/mol. The first-order valence-electron chi connectivity index (χ1n) is 7.20. The lowest BCUT2D eigenvalue weighted by Gasteiger charge is -2.26. The molecule has 0 bridgehead atoms. The Morgan fingerprint density at radius 3 is 2.12 bits per heavy atom. The molecule has 0 aliphatic heterocycles. The fourth-order valence-corrected chi connectivity index (χ4v) is 2.87. The second-order valence-electron chi connectivity index (χ2n) is 5.66. The molecule has 0 saturated heterocycles. The van der Waals surface area contributed by atoms with Crippen LogP contribution >= 0.6 is 15.9 Å². The van der Waals surface area contributed by atoms with Gasteiger partial charge >= 0.3 is 0 Å². The number of anilines is 2. The first-order chi connectivity index (χ1) is 11.3. The molecule has 0 heterocycles. The van der Waals surface area contributed by atoms with E-state index in [0.29, 0.717) is 24.2 Å². The van der Waals surface area contributed by atoms with Gasteiger partial charge in [-0.05, 0) is 71.2 Å². The van der Waals surface area contributed by atoms with Crippen molar-refractivity contribution in [2.45, 2.75) is 12.8 Å². The van der Waals surface area contributed by atoms with Crippen molar-refractivity contribution < 1.29 is 18.4 Å². The van der Waals surface area contributed by atoms with E-state index in [2.05, 4.69) is 15.9 Å². The highest BCUT2D eigenvalue weighted by atomic mass is 79.9. The molecule has 2 aromatic carbocycles. The number of amides is 2. The molecule has 0 radical (unpaired) electrons.